The molecule has 0 aliphatic rings. The molecule has 0 aliphatic heterocycles. The van der Waals surface area contributed by atoms with E-state index in [4.69, 9.17) is 22.8 Å². The maximum absolute atomic E-state index is 10.8. The van der Waals surface area contributed by atoms with Crippen LogP contribution < -0.4 is 4.74 Å². The molecule has 0 aliphatic carbocycles. The topological polar surface area (TPSA) is 35.5 Å². The van der Waals surface area contributed by atoms with Crippen molar-refractivity contribution in [3.8, 4) is 18.1 Å². The number of hydrogen-bond donors (Lipinski definition) is 0. The first-order valence-electron chi connectivity index (χ1n) is 4.13. The number of carbonyl (C=O) groups is 1. The third-order valence-corrected chi connectivity index (χ3v) is 1.91. The number of methoxy groups -OCH3 is 1. The lowest BCUT2D eigenvalue weighted by atomic mass is 10.2. The van der Waals surface area contributed by atoms with Crippen LogP contribution in [-0.4, -0.2) is 19.7 Å². The summed E-state index contributed by atoms with van der Waals surface area (Å²) < 4.78 is 9.59. The van der Waals surface area contributed by atoms with E-state index in [0.717, 1.165) is 0 Å². The maximum atomic E-state index is 10.8. The predicted octanol–water partition coefficient (Wildman–Crippen LogP) is 1.87. The highest BCUT2D eigenvalue weighted by atomic mass is 35.5. The molecule has 15 heavy (non-hydrogen) atoms. The van der Waals surface area contributed by atoms with Crippen LogP contribution in [0.2, 0.25) is 5.02 Å². The van der Waals surface area contributed by atoms with Crippen LogP contribution in [0, 0.1) is 12.3 Å². The van der Waals surface area contributed by atoms with Crippen LogP contribution in [0.3, 0.4) is 0 Å². The van der Waals surface area contributed by atoms with Gasteiger partial charge in [-0.15, -0.1) is 6.42 Å². The molecular formula is C11H9ClO3. The predicted molar refractivity (Wildman–Crippen MR) is 56.9 cm³/mol. The molecule has 0 saturated heterocycles. The van der Waals surface area contributed by atoms with Crippen LogP contribution in [0.15, 0.2) is 18.2 Å². The summed E-state index contributed by atoms with van der Waals surface area (Å²) in [5.74, 6) is 2.39. The van der Waals surface area contributed by atoms with Crippen LogP contribution in [0.1, 0.15) is 5.56 Å². The second-order valence-electron chi connectivity index (χ2n) is 2.65. The van der Waals surface area contributed by atoms with Gasteiger partial charge in [-0.25, -0.2) is 4.79 Å². The molecule has 0 heterocycles. The highest BCUT2D eigenvalue weighted by Gasteiger charge is 2.05. The number of halogens is 1. The van der Waals surface area contributed by atoms with E-state index in [0.29, 0.717) is 16.3 Å². The lowest BCUT2D eigenvalue weighted by Gasteiger charge is -2.06. The fourth-order valence-corrected chi connectivity index (χ4v) is 1.11. The number of carbonyl (C=O) groups excluding carboxylic acids is 1. The zero-order valence-corrected chi connectivity index (χ0v) is 8.88. The van der Waals surface area contributed by atoms with Crippen molar-refractivity contribution in [1.29, 1.82) is 0 Å². The molecule has 3 nitrogen and oxygen atoms in total. The molecule has 0 radical (unpaired) electrons. The minimum atomic E-state index is -0.465. The summed E-state index contributed by atoms with van der Waals surface area (Å²) in [4.78, 5) is 10.8. The van der Waals surface area contributed by atoms with Crippen LogP contribution >= 0.6 is 11.6 Å². The van der Waals surface area contributed by atoms with Crippen molar-refractivity contribution in [2.24, 2.45) is 0 Å². The molecule has 0 aromatic heterocycles. The van der Waals surface area contributed by atoms with E-state index in [1.165, 1.54) is 7.11 Å². The van der Waals surface area contributed by atoms with Crippen molar-refractivity contribution in [3.63, 3.8) is 0 Å². The second kappa shape index (κ2) is 5.28. The zero-order chi connectivity index (χ0) is 11.3. The first-order chi connectivity index (χ1) is 7.17. The Balaban J connectivity index is 2.77. The Bertz CT molecular complexity index is 407. The van der Waals surface area contributed by atoms with Crippen molar-refractivity contribution in [1.82, 2.24) is 0 Å². The van der Waals surface area contributed by atoms with Gasteiger partial charge in [0.15, 0.2) is 6.61 Å². The number of benzene rings is 1. The van der Waals surface area contributed by atoms with Gasteiger partial charge in [0.25, 0.3) is 0 Å². The normalized spacial score (nSPS) is 9.13. The molecule has 0 amide bonds. The van der Waals surface area contributed by atoms with E-state index in [9.17, 15) is 4.79 Å². The van der Waals surface area contributed by atoms with Gasteiger partial charge in [-0.1, -0.05) is 17.5 Å². The Hall–Kier alpha value is -1.66. The number of hydrogen-bond acceptors (Lipinski definition) is 3. The van der Waals surface area contributed by atoms with E-state index in [1.54, 1.807) is 18.2 Å². The molecule has 0 bridgehead atoms. The van der Waals surface area contributed by atoms with Crippen LogP contribution in [0.25, 0.3) is 0 Å². The summed E-state index contributed by atoms with van der Waals surface area (Å²) in [6.45, 7) is -0.174. The molecule has 0 N–H and O–H groups in total. The average Bonchev–Trinajstić information content (AvgIpc) is 2.26. The highest BCUT2D eigenvalue weighted by Crippen LogP contribution is 2.21. The van der Waals surface area contributed by atoms with Crippen LogP contribution in [0.5, 0.6) is 5.75 Å². The maximum Gasteiger partial charge on any atom is 0.343 e. The van der Waals surface area contributed by atoms with E-state index in [-0.39, 0.29) is 6.61 Å². The van der Waals surface area contributed by atoms with Crippen molar-refractivity contribution < 1.29 is 14.3 Å². The van der Waals surface area contributed by atoms with Crippen molar-refractivity contribution in [2.45, 2.75) is 0 Å². The first-order valence-corrected chi connectivity index (χ1v) is 4.51. The third kappa shape index (κ3) is 3.19. The second-order valence-corrected chi connectivity index (χ2v) is 3.09. The molecule has 1 aromatic carbocycles. The summed E-state index contributed by atoms with van der Waals surface area (Å²) >= 11 is 5.74. The van der Waals surface area contributed by atoms with Crippen molar-refractivity contribution in [2.75, 3.05) is 13.7 Å². The number of terminal acetylenes is 1. The average molecular weight is 225 g/mol. The van der Waals surface area contributed by atoms with Crippen molar-refractivity contribution >= 4 is 17.6 Å². The lowest BCUT2D eigenvalue weighted by Crippen LogP contribution is -2.13. The standard InChI is InChI=1S/C11H9ClO3/c1-3-8-6-9(12)4-5-10(8)15-7-11(13)14-2/h1,4-6H,7H2,2H3. The fourth-order valence-electron chi connectivity index (χ4n) is 0.936. The Morgan fingerprint density at radius 1 is 1.60 bits per heavy atom. The minimum absolute atomic E-state index is 0.174. The molecule has 1 rings (SSSR count). The zero-order valence-electron chi connectivity index (χ0n) is 8.12. The number of esters is 1. The van der Waals surface area contributed by atoms with Gasteiger partial charge in [0.2, 0.25) is 0 Å². The monoisotopic (exact) mass is 224 g/mol. The van der Waals surface area contributed by atoms with Gasteiger partial charge in [0, 0.05) is 5.02 Å². The molecule has 0 atom stereocenters. The number of rotatable bonds is 3. The molecular weight excluding hydrogens is 216 g/mol. The molecule has 0 fully saturated rings. The van der Waals surface area contributed by atoms with Gasteiger partial charge in [0.05, 0.1) is 12.7 Å². The fraction of sp³-hybridized carbons (Fsp3) is 0.182. The van der Waals surface area contributed by atoms with E-state index < -0.39 is 5.97 Å². The summed E-state index contributed by atoms with van der Waals surface area (Å²) in [7, 11) is 1.29. The molecule has 78 valence electrons. The van der Waals surface area contributed by atoms with E-state index in [2.05, 4.69) is 10.7 Å². The van der Waals surface area contributed by atoms with Gasteiger partial charge in [-0.3, -0.25) is 0 Å². The Morgan fingerprint density at radius 2 is 2.33 bits per heavy atom. The first kappa shape index (κ1) is 11.4. The van der Waals surface area contributed by atoms with E-state index >= 15 is 0 Å². The number of ether oxygens (including phenoxy) is 2. The van der Waals surface area contributed by atoms with Gasteiger partial charge >= 0.3 is 5.97 Å². The van der Waals surface area contributed by atoms with Crippen LogP contribution in [0.4, 0.5) is 0 Å². The van der Waals surface area contributed by atoms with Gasteiger partial charge in [-0.05, 0) is 18.2 Å². The molecule has 0 saturated carbocycles. The van der Waals surface area contributed by atoms with E-state index in [1.807, 2.05) is 0 Å². The largest absolute Gasteiger partial charge is 0.481 e. The summed E-state index contributed by atoms with van der Waals surface area (Å²) in [5, 5.41) is 0.522. The summed E-state index contributed by atoms with van der Waals surface area (Å²) in [6.07, 6.45) is 5.25. The molecule has 0 spiro atoms. The molecule has 1 aromatic rings. The van der Waals surface area contributed by atoms with Gasteiger partial charge < -0.3 is 9.47 Å². The quantitative estimate of drug-likeness (QED) is 0.581. The lowest BCUT2D eigenvalue weighted by molar-refractivity contribution is -0.142. The summed E-state index contributed by atoms with van der Waals surface area (Å²) in [5.41, 5.74) is 0.506. The van der Waals surface area contributed by atoms with Gasteiger partial charge in [-0.2, -0.15) is 0 Å². The SMILES string of the molecule is C#Cc1cc(Cl)ccc1OCC(=O)OC. The third-order valence-electron chi connectivity index (χ3n) is 1.67. The van der Waals surface area contributed by atoms with Crippen molar-refractivity contribution in [3.05, 3.63) is 28.8 Å². The highest BCUT2D eigenvalue weighted by molar-refractivity contribution is 6.30. The Morgan fingerprint density at radius 3 is 2.93 bits per heavy atom. The summed E-state index contributed by atoms with van der Waals surface area (Å²) in [6, 6.07) is 4.84. The molecule has 4 heteroatoms. The minimum Gasteiger partial charge on any atom is -0.481 e. The van der Waals surface area contributed by atoms with Gasteiger partial charge in [0.1, 0.15) is 5.75 Å². The Kier molecular flexibility index (Phi) is 4.02. The Labute approximate surface area is 92.9 Å². The van der Waals surface area contributed by atoms with Crippen LogP contribution in [-0.2, 0) is 9.53 Å². The smallest absolute Gasteiger partial charge is 0.343 e. The molecule has 0 unspecified atom stereocenters.